The average molecular weight is 278 g/mol. The van der Waals surface area contributed by atoms with Crippen LogP contribution >= 0.6 is 0 Å². The van der Waals surface area contributed by atoms with Crippen molar-refractivity contribution in [1.29, 1.82) is 0 Å². The van der Waals surface area contributed by atoms with Crippen LogP contribution < -0.4 is 15.2 Å². The molecule has 2 unspecified atom stereocenters. The molecule has 1 saturated heterocycles. The van der Waals surface area contributed by atoms with Gasteiger partial charge in [-0.3, -0.25) is 4.90 Å². The van der Waals surface area contributed by atoms with E-state index in [-0.39, 0.29) is 6.04 Å². The van der Waals surface area contributed by atoms with Gasteiger partial charge in [-0.25, -0.2) is 0 Å². The van der Waals surface area contributed by atoms with Crippen molar-refractivity contribution in [1.82, 2.24) is 4.90 Å². The smallest absolute Gasteiger partial charge is 0.231 e. The Balaban J connectivity index is 1.85. The molecule has 1 fully saturated rings. The molecule has 5 nitrogen and oxygen atoms in total. The lowest BCUT2D eigenvalue weighted by Crippen LogP contribution is -2.48. The fourth-order valence-corrected chi connectivity index (χ4v) is 3.01. The van der Waals surface area contributed by atoms with E-state index in [0.29, 0.717) is 19.4 Å². The van der Waals surface area contributed by atoms with Crippen LogP contribution in [0.3, 0.4) is 0 Å². The van der Waals surface area contributed by atoms with Gasteiger partial charge in [-0.05, 0) is 24.1 Å². The normalized spacial score (nSPS) is 23.8. The first-order valence-corrected chi connectivity index (χ1v) is 7.26. The lowest BCUT2D eigenvalue weighted by molar-refractivity contribution is -0.0291. The molecule has 3 rings (SSSR count). The third-order valence-corrected chi connectivity index (χ3v) is 4.15. The number of morpholine rings is 1. The Morgan fingerprint density at radius 3 is 3.00 bits per heavy atom. The summed E-state index contributed by atoms with van der Waals surface area (Å²) in [6.07, 6.45) is 1.07. The van der Waals surface area contributed by atoms with Gasteiger partial charge in [-0.2, -0.15) is 0 Å². The van der Waals surface area contributed by atoms with Crippen molar-refractivity contribution < 1.29 is 14.2 Å². The van der Waals surface area contributed by atoms with Crippen LogP contribution in [0, 0.1) is 0 Å². The zero-order valence-corrected chi connectivity index (χ0v) is 11.9. The first-order valence-electron chi connectivity index (χ1n) is 7.26. The first kappa shape index (κ1) is 13.7. The van der Waals surface area contributed by atoms with Gasteiger partial charge >= 0.3 is 0 Å². The third kappa shape index (κ3) is 2.49. The van der Waals surface area contributed by atoms with E-state index in [1.165, 1.54) is 5.56 Å². The molecule has 2 atom stereocenters. The average Bonchev–Trinajstić information content (AvgIpc) is 2.96. The van der Waals surface area contributed by atoms with Crippen molar-refractivity contribution in [2.24, 2.45) is 5.73 Å². The molecule has 1 aromatic carbocycles. The fourth-order valence-electron chi connectivity index (χ4n) is 3.01. The molecule has 0 aromatic heterocycles. The molecular weight excluding hydrogens is 256 g/mol. The number of hydrogen-bond acceptors (Lipinski definition) is 5. The molecule has 2 aliphatic heterocycles. The van der Waals surface area contributed by atoms with Crippen LogP contribution in [0.4, 0.5) is 0 Å². The van der Waals surface area contributed by atoms with E-state index < -0.39 is 0 Å². The highest BCUT2D eigenvalue weighted by molar-refractivity contribution is 5.45. The highest BCUT2D eigenvalue weighted by Gasteiger charge is 2.29. The SMILES string of the molecule is CCC1COCCN1C(CN)c1ccc2c(c1)OCO2. The predicted molar refractivity (Wildman–Crippen MR) is 76.0 cm³/mol. The molecule has 110 valence electrons. The van der Waals surface area contributed by atoms with Crippen LogP contribution in [0.15, 0.2) is 18.2 Å². The van der Waals surface area contributed by atoms with Crippen molar-refractivity contribution in [3.05, 3.63) is 23.8 Å². The predicted octanol–water partition coefficient (Wildman–Crippen LogP) is 1.53. The molecule has 0 amide bonds. The van der Waals surface area contributed by atoms with Crippen molar-refractivity contribution >= 4 is 0 Å². The molecule has 20 heavy (non-hydrogen) atoms. The number of ether oxygens (including phenoxy) is 3. The van der Waals surface area contributed by atoms with E-state index in [1.54, 1.807) is 0 Å². The second-order valence-corrected chi connectivity index (χ2v) is 5.24. The summed E-state index contributed by atoms with van der Waals surface area (Å²) in [5.41, 5.74) is 7.23. The van der Waals surface area contributed by atoms with Crippen LogP contribution in [-0.2, 0) is 4.74 Å². The van der Waals surface area contributed by atoms with Gasteiger partial charge in [0.25, 0.3) is 0 Å². The molecule has 2 aliphatic rings. The molecular formula is C15H22N2O3. The molecule has 0 spiro atoms. The molecule has 0 aliphatic carbocycles. The topological polar surface area (TPSA) is 57.0 Å². The lowest BCUT2D eigenvalue weighted by Gasteiger charge is -2.40. The summed E-state index contributed by atoms with van der Waals surface area (Å²) in [5, 5.41) is 0. The van der Waals surface area contributed by atoms with Crippen LogP contribution in [0.2, 0.25) is 0 Å². The quantitative estimate of drug-likeness (QED) is 0.905. The van der Waals surface area contributed by atoms with E-state index in [0.717, 1.165) is 37.7 Å². The summed E-state index contributed by atoms with van der Waals surface area (Å²) < 4.78 is 16.4. The van der Waals surface area contributed by atoms with Gasteiger partial charge in [0.05, 0.1) is 13.2 Å². The van der Waals surface area contributed by atoms with Gasteiger partial charge in [0.1, 0.15) is 0 Å². The zero-order chi connectivity index (χ0) is 13.9. The third-order valence-electron chi connectivity index (χ3n) is 4.15. The second kappa shape index (κ2) is 5.99. The van der Waals surface area contributed by atoms with E-state index in [2.05, 4.69) is 24.0 Å². The molecule has 2 N–H and O–H groups in total. The van der Waals surface area contributed by atoms with E-state index in [9.17, 15) is 0 Å². The molecule has 2 heterocycles. The number of rotatable bonds is 4. The van der Waals surface area contributed by atoms with Gasteiger partial charge in [-0.15, -0.1) is 0 Å². The molecule has 0 saturated carbocycles. The van der Waals surface area contributed by atoms with Crippen LogP contribution in [0.5, 0.6) is 11.5 Å². The van der Waals surface area contributed by atoms with Crippen LogP contribution in [0.25, 0.3) is 0 Å². The maximum absolute atomic E-state index is 6.04. The number of nitrogens with zero attached hydrogens (tertiary/aromatic N) is 1. The maximum atomic E-state index is 6.04. The minimum absolute atomic E-state index is 0.207. The van der Waals surface area contributed by atoms with Gasteiger partial charge in [0, 0.05) is 25.2 Å². The highest BCUT2D eigenvalue weighted by Crippen LogP contribution is 2.36. The molecule has 1 aromatic rings. The Kier molecular flexibility index (Phi) is 4.10. The van der Waals surface area contributed by atoms with Crippen molar-refractivity contribution in [2.75, 3.05) is 33.1 Å². The van der Waals surface area contributed by atoms with Gasteiger partial charge < -0.3 is 19.9 Å². The highest BCUT2D eigenvalue weighted by atomic mass is 16.7. The Morgan fingerprint density at radius 2 is 2.20 bits per heavy atom. The Bertz CT molecular complexity index is 466. The summed E-state index contributed by atoms with van der Waals surface area (Å²) in [6, 6.07) is 6.76. The first-order chi connectivity index (χ1) is 9.83. The van der Waals surface area contributed by atoms with Gasteiger partial charge in [0.2, 0.25) is 6.79 Å². The van der Waals surface area contributed by atoms with Crippen molar-refractivity contribution in [3.63, 3.8) is 0 Å². The Morgan fingerprint density at radius 1 is 1.35 bits per heavy atom. The minimum atomic E-state index is 0.207. The lowest BCUT2D eigenvalue weighted by atomic mass is 10.0. The Labute approximate surface area is 119 Å². The summed E-state index contributed by atoms with van der Waals surface area (Å²) in [7, 11) is 0. The van der Waals surface area contributed by atoms with E-state index >= 15 is 0 Å². The van der Waals surface area contributed by atoms with Crippen LogP contribution in [-0.4, -0.2) is 44.0 Å². The fraction of sp³-hybridized carbons (Fsp3) is 0.600. The summed E-state index contributed by atoms with van der Waals surface area (Å²) in [6.45, 7) is 5.58. The van der Waals surface area contributed by atoms with Gasteiger partial charge in [-0.1, -0.05) is 13.0 Å². The van der Waals surface area contributed by atoms with E-state index in [4.69, 9.17) is 19.9 Å². The van der Waals surface area contributed by atoms with Gasteiger partial charge in [0.15, 0.2) is 11.5 Å². The number of fused-ring (bicyclic) bond motifs is 1. The van der Waals surface area contributed by atoms with Crippen molar-refractivity contribution in [3.8, 4) is 11.5 Å². The number of hydrogen-bond donors (Lipinski definition) is 1. The standard InChI is InChI=1S/C15H22N2O3/c1-2-12-9-18-6-5-17(12)13(8-16)11-3-4-14-15(7-11)20-10-19-14/h3-4,7,12-13H,2,5-6,8-10,16H2,1H3. The minimum Gasteiger partial charge on any atom is -0.454 e. The summed E-state index contributed by atoms with van der Waals surface area (Å²) in [5.74, 6) is 1.64. The molecule has 0 radical (unpaired) electrons. The second-order valence-electron chi connectivity index (χ2n) is 5.24. The Hall–Kier alpha value is -1.30. The largest absolute Gasteiger partial charge is 0.454 e. The molecule has 0 bridgehead atoms. The maximum Gasteiger partial charge on any atom is 0.231 e. The molecule has 5 heteroatoms. The van der Waals surface area contributed by atoms with E-state index in [1.807, 2.05) is 6.07 Å². The number of benzene rings is 1. The van der Waals surface area contributed by atoms with Crippen molar-refractivity contribution in [2.45, 2.75) is 25.4 Å². The van der Waals surface area contributed by atoms with Crippen LogP contribution in [0.1, 0.15) is 24.9 Å². The summed E-state index contributed by atoms with van der Waals surface area (Å²) >= 11 is 0. The summed E-state index contributed by atoms with van der Waals surface area (Å²) in [4.78, 5) is 2.46. The monoisotopic (exact) mass is 278 g/mol. The zero-order valence-electron chi connectivity index (χ0n) is 11.9. The number of nitrogens with two attached hydrogens (primary N) is 1.